The van der Waals surface area contributed by atoms with Gasteiger partial charge in [0.15, 0.2) is 0 Å². The molecular formula is C9H9BO3. The van der Waals surface area contributed by atoms with Gasteiger partial charge in [-0.2, -0.15) is 0 Å². The van der Waals surface area contributed by atoms with Crippen LogP contribution < -0.4 is 5.46 Å². The number of hydrogen-bond donors (Lipinski definition) is 0. The molecule has 1 aromatic rings. The Kier molecular flexibility index (Phi) is 2.85. The van der Waals surface area contributed by atoms with E-state index in [1.165, 1.54) is 13.2 Å². The fraction of sp³-hybridized carbons (Fsp3) is 0.111. The first kappa shape index (κ1) is 9.51. The number of esters is 1. The van der Waals surface area contributed by atoms with Gasteiger partial charge in [-0.3, -0.25) is 4.79 Å². The standard InChI is InChI=1S/C9H9BO3/c1-13-9(12)7-2-6(5-11)3-8(10)4-7/h2-5H,10H2,1H3. The van der Waals surface area contributed by atoms with Gasteiger partial charge in [0.05, 0.1) is 12.7 Å². The smallest absolute Gasteiger partial charge is 0.337 e. The number of aldehydes is 1. The van der Waals surface area contributed by atoms with Gasteiger partial charge >= 0.3 is 5.97 Å². The fourth-order valence-corrected chi connectivity index (χ4v) is 1.12. The van der Waals surface area contributed by atoms with Crippen LogP contribution in [0.4, 0.5) is 0 Å². The van der Waals surface area contributed by atoms with Crippen LogP contribution in [0, 0.1) is 0 Å². The number of benzene rings is 1. The van der Waals surface area contributed by atoms with Gasteiger partial charge in [-0.15, -0.1) is 0 Å². The van der Waals surface area contributed by atoms with Crippen LogP contribution >= 0.6 is 0 Å². The minimum absolute atomic E-state index is 0.407. The molecule has 0 spiro atoms. The summed E-state index contributed by atoms with van der Waals surface area (Å²) in [6.07, 6.45) is 0.708. The molecule has 0 N–H and O–H groups in total. The van der Waals surface area contributed by atoms with Crippen LogP contribution in [-0.2, 0) is 4.74 Å². The maximum absolute atomic E-state index is 11.1. The molecule has 0 unspecified atom stereocenters. The number of ether oxygens (including phenoxy) is 1. The van der Waals surface area contributed by atoms with E-state index in [-0.39, 0.29) is 0 Å². The molecular weight excluding hydrogens is 167 g/mol. The first-order chi connectivity index (χ1) is 6.17. The van der Waals surface area contributed by atoms with E-state index >= 15 is 0 Å². The summed E-state index contributed by atoms with van der Waals surface area (Å²) in [7, 11) is 3.13. The van der Waals surface area contributed by atoms with Gasteiger partial charge in [-0.25, -0.2) is 4.79 Å². The van der Waals surface area contributed by atoms with Crippen molar-refractivity contribution in [2.75, 3.05) is 7.11 Å². The number of carbonyl (C=O) groups is 2. The Morgan fingerprint density at radius 3 is 2.69 bits per heavy atom. The quantitative estimate of drug-likeness (QED) is 0.348. The third kappa shape index (κ3) is 2.18. The molecule has 0 aliphatic rings. The maximum Gasteiger partial charge on any atom is 0.337 e. The zero-order valence-electron chi connectivity index (χ0n) is 7.53. The Bertz CT molecular complexity index is 347. The van der Waals surface area contributed by atoms with E-state index in [1.54, 1.807) is 12.1 Å². The monoisotopic (exact) mass is 176 g/mol. The summed E-state index contributed by atoms with van der Waals surface area (Å²) in [5, 5.41) is 0. The summed E-state index contributed by atoms with van der Waals surface area (Å²) >= 11 is 0. The van der Waals surface area contributed by atoms with Gasteiger partial charge in [-0.1, -0.05) is 17.6 Å². The summed E-state index contributed by atoms with van der Waals surface area (Å²) in [4.78, 5) is 21.6. The molecule has 0 saturated heterocycles. The van der Waals surface area contributed by atoms with Crippen molar-refractivity contribution >= 4 is 25.6 Å². The summed E-state index contributed by atoms with van der Waals surface area (Å²) in [6, 6.07) is 4.89. The Morgan fingerprint density at radius 1 is 1.46 bits per heavy atom. The van der Waals surface area contributed by atoms with Gasteiger partial charge in [0.25, 0.3) is 0 Å². The third-order valence-corrected chi connectivity index (χ3v) is 1.66. The predicted octanol–water partition coefficient (Wildman–Crippen LogP) is -0.456. The van der Waals surface area contributed by atoms with Crippen molar-refractivity contribution in [1.82, 2.24) is 0 Å². The molecule has 0 aliphatic carbocycles. The van der Waals surface area contributed by atoms with Gasteiger partial charge in [0, 0.05) is 5.56 Å². The molecule has 0 fully saturated rings. The molecule has 66 valence electrons. The van der Waals surface area contributed by atoms with Crippen molar-refractivity contribution in [2.24, 2.45) is 0 Å². The topological polar surface area (TPSA) is 43.4 Å². The summed E-state index contributed by atoms with van der Waals surface area (Å²) in [6.45, 7) is 0. The van der Waals surface area contributed by atoms with E-state index in [9.17, 15) is 9.59 Å². The van der Waals surface area contributed by atoms with Gasteiger partial charge < -0.3 is 4.74 Å². The number of rotatable bonds is 2. The average Bonchev–Trinajstić information content (AvgIpc) is 2.15. The second-order valence-electron chi connectivity index (χ2n) is 2.74. The van der Waals surface area contributed by atoms with Crippen LogP contribution in [-0.4, -0.2) is 27.2 Å². The molecule has 13 heavy (non-hydrogen) atoms. The predicted molar refractivity (Wildman–Crippen MR) is 51.3 cm³/mol. The highest BCUT2D eigenvalue weighted by molar-refractivity contribution is 6.33. The second-order valence-corrected chi connectivity index (χ2v) is 2.74. The zero-order chi connectivity index (χ0) is 9.84. The highest BCUT2D eigenvalue weighted by Gasteiger charge is 2.06. The van der Waals surface area contributed by atoms with Crippen LogP contribution in [0.5, 0.6) is 0 Å². The molecule has 0 amide bonds. The molecule has 1 aromatic carbocycles. The number of hydrogen-bond acceptors (Lipinski definition) is 3. The first-order valence-corrected chi connectivity index (χ1v) is 3.82. The Hall–Kier alpha value is -1.58. The molecule has 4 heteroatoms. The van der Waals surface area contributed by atoms with E-state index in [1.807, 2.05) is 7.85 Å². The Balaban J connectivity index is 3.15. The maximum atomic E-state index is 11.1. The highest BCUT2D eigenvalue weighted by atomic mass is 16.5. The van der Waals surface area contributed by atoms with Crippen molar-refractivity contribution in [3.05, 3.63) is 29.3 Å². The van der Waals surface area contributed by atoms with Gasteiger partial charge in [0.1, 0.15) is 14.1 Å². The van der Waals surface area contributed by atoms with Crippen molar-refractivity contribution in [2.45, 2.75) is 0 Å². The zero-order valence-corrected chi connectivity index (χ0v) is 7.53. The van der Waals surface area contributed by atoms with Crippen LogP contribution in [0.15, 0.2) is 18.2 Å². The molecule has 0 atom stereocenters. The van der Waals surface area contributed by atoms with Gasteiger partial charge in [-0.05, 0) is 6.07 Å². The van der Waals surface area contributed by atoms with Crippen LogP contribution in [0.25, 0.3) is 0 Å². The minimum atomic E-state index is -0.424. The first-order valence-electron chi connectivity index (χ1n) is 3.82. The second kappa shape index (κ2) is 3.89. The molecule has 0 heterocycles. The van der Waals surface area contributed by atoms with E-state index in [4.69, 9.17) is 0 Å². The lowest BCUT2D eigenvalue weighted by molar-refractivity contribution is 0.0601. The molecule has 0 radical (unpaired) electrons. The Labute approximate surface area is 77.1 Å². The van der Waals surface area contributed by atoms with Crippen molar-refractivity contribution in [3.8, 4) is 0 Å². The molecule has 0 aliphatic heterocycles. The van der Waals surface area contributed by atoms with Crippen molar-refractivity contribution in [3.63, 3.8) is 0 Å². The molecule has 0 aromatic heterocycles. The summed E-state index contributed by atoms with van der Waals surface area (Å²) in [5.41, 5.74) is 1.76. The van der Waals surface area contributed by atoms with Crippen molar-refractivity contribution < 1.29 is 14.3 Å². The average molecular weight is 176 g/mol. The highest BCUT2D eigenvalue weighted by Crippen LogP contribution is 2.02. The number of methoxy groups -OCH3 is 1. The van der Waals surface area contributed by atoms with E-state index in [0.29, 0.717) is 17.4 Å². The minimum Gasteiger partial charge on any atom is -0.465 e. The summed E-state index contributed by atoms with van der Waals surface area (Å²) < 4.78 is 4.54. The number of carbonyl (C=O) groups excluding carboxylic acids is 2. The van der Waals surface area contributed by atoms with Crippen LogP contribution in [0.3, 0.4) is 0 Å². The normalized spacial score (nSPS) is 9.31. The van der Waals surface area contributed by atoms with E-state index in [2.05, 4.69) is 4.74 Å². The lowest BCUT2D eigenvalue weighted by atomic mass is 9.92. The van der Waals surface area contributed by atoms with Crippen LogP contribution in [0.1, 0.15) is 20.7 Å². The van der Waals surface area contributed by atoms with E-state index in [0.717, 1.165) is 5.46 Å². The SMILES string of the molecule is Bc1cc(C=O)cc(C(=O)OC)c1. The van der Waals surface area contributed by atoms with E-state index < -0.39 is 5.97 Å². The van der Waals surface area contributed by atoms with Crippen LogP contribution in [0.2, 0.25) is 0 Å². The van der Waals surface area contributed by atoms with Gasteiger partial charge in [0.2, 0.25) is 0 Å². The molecule has 0 bridgehead atoms. The molecule has 3 nitrogen and oxygen atoms in total. The van der Waals surface area contributed by atoms with Crippen molar-refractivity contribution in [1.29, 1.82) is 0 Å². The molecule has 0 saturated carbocycles. The lowest BCUT2D eigenvalue weighted by Crippen LogP contribution is -2.10. The largest absolute Gasteiger partial charge is 0.465 e. The summed E-state index contributed by atoms with van der Waals surface area (Å²) in [5.74, 6) is -0.424. The lowest BCUT2D eigenvalue weighted by Gasteiger charge is -2.01. The molecule has 1 rings (SSSR count). The fourth-order valence-electron chi connectivity index (χ4n) is 1.12. The Morgan fingerprint density at radius 2 is 2.15 bits per heavy atom. The third-order valence-electron chi connectivity index (χ3n) is 1.66.